The second-order valence-electron chi connectivity index (χ2n) is 3.65. The van der Waals surface area contributed by atoms with Crippen LogP contribution in [0.4, 0.5) is 0 Å². The minimum Gasteiger partial charge on any atom is -0.224 e. The lowest BCUT2D eigenvalue weighted by Crippen LogP contribution is -1.99. The summed E-state index contributed by atoms with van der Waals surface area (Å²) >= 11 is 0. The third-order valence-corrected chi connectivity index (χ3v) is 3.58. The molecule has 78 valence electrons. The van der Waals surface area contributed by atoms with Gasteiger partial charge in [0.2, 0.25) is 0 Å². The fourth-order valence-electron chi connectivity index (χ4n) is 1.29. The highest BCUT2D eigenvalue weighted by Gasteiger charge is 2.09. The van der Waals surface area contributed by atoms with Crippen molar-refractivity contribution in [2.75, 3.05) is 6.26 Å². The lowest BCUT2D eigenvalue weighted by Gasteiger charge is -2.09. The Morgan fingerprint density at radius 3 is 2.50 bits per heavy atom. The Morgan fingerprint density at radius 2 is 2.00 bits per heavy atom. The summed E-state index contributed by atoms with van der Waals surface area (Å²) in [6.45, 7) is 4.19. The molecular formula is C11H16O2S. The van der Waals surface area contributed by atoms with E-state index in [0.29, 0.717) is 10.8 Å². The van der Waals surface area contributed by atoms with Gasteiger partial charge in [-0.25, -0.2) is 8.42 Å². The number of hydrogen-bond acceptors (Lipinski definition) is 2. The topological polar surface area (TPSA) is 34.1 Å². The van der Waals surface area contributed by atoms with Crippen LogP contribution in [0.3, 0.4) is 0 Å². The molecule has 0 amide bonds. The third-order valence-electron chi connectivity index (χ3n) is 2.47. The van der Waals surface area contributed by atoms with Crippen LogP contribution in [0.25, 0.3) is 0 Å². The van der Waals surface area contributed by atoms with Crippen LogP contribution in [0.2, 0.25) is 0 Å². The Hall–Kier alpha value is -0.830. The van der Waals surface area contributed by atoms with Gasteiger partial charge >= 0.3 is 0 Å². The van der Waals surface area contributed by atoms with Gasteiger partial charge in [-0.1, -0.05) is 26.0 Å². The molecule has 2 nitrogen and oxygen atoms in total. The second kappa shape index (κ2) is 4.13. The van der Waals surface area contributed by atoms with Crippen molar-refractivity contribution in [3.8, 4) is 0 Å². The summed E-state index contributed by atoms with van der Waals surface area (Å²) < 4.78 is 22.6. The highest BCUT2D eigenvalue weighted by atomic mass is 32.2. The molecule has 0 heterocycles. The average Bonchev–Trinajstić information content (AvgIpc) is 2.15. The van der Waals surface area contributed by atoms with Gasteiger partial charge in [-0.2, -0.15) is 0 Å². The van der Waals surface area contributed by atoms with Crippen LogP contribution in [0, 0.1) is 0 Å². The predicted molar refractivity (Wildman–Crippen MR) is 58.3 cm³/mol. The molecule has 1 unspecified atom stereocenters. The summed E-state index contributed by atoms with van der Waals surface area (Å²) in [6, 6.07) is 7.19. The molecule has 14 heavy (non-hydrogen) atoms. The van der Waals surface area contributed by atoms with Gasteiger partial charge in [0.05, 0.1) is 4.90 Å². The van der Waals surface area contributed by atoms with E-state index < -0.39 is 9.84 Å². The fraction of sp³-hybridized carbons (Fsp3) is 0.455. The fourth-order valence-corrected chi connectivity index (χ4v) is 1.96. The summed E-state index contributed by atoms with van der Waals surface area (Å²) in [5.74, 6) is 0.414. The van der Waals surface area contributed by atoms with Gasteiger partial charge in [-0.05, 0) is 30.0 Å². The summed E-state index contributed by atoms with van der Waals surface area (Å²) in [4.78, 5) is 0.412. The zero-order valence-electron chi connectivity index (χ0n) is 8.82. The molecule has 0 aromatic heterocycles. The van der Waals surface area contributed by atoms with E-state index in [4.69, 9.17) is 0 Å². The predicted octanol–water partition coefficient (Wildman–Crippen LogP) is 2.60. The van der Waals surface area contributed by atoms with Crippen molar-refractivity contribution in [2.24, 2.45) is 0 Å². The Morgan fingerprint density at radius 1 is 1.36 bits per heavy atom. The molecule has 1 rings (SSSR count). The third kappa shape index (κ3) is 2.58. The van der Waals surface area contributed by atoms with Gasteiger partial charge in [0, 0.05) is 6.26 Å². The van der Waals surface area contributed by atoms with Crippen LogP contribution in [0.5, 0.6) is 0 Å². The average molecular weight is 212 g/mol. The van der Waals surface area contributed by atoms with Gasteiger partial charge in [0.25, 0.3) is 0 Å². The molecule has 0 aliphatic carbocycles. The van der Waals surface area contributed by atoms with Gasteiger partial charge in [0.1, 0.15) is 0 Å². The standard InChI is InChI=1S/C11H16O2S/c1-4-9(2)10-6-5-7-11(8-10)14(3,12)13/h5-9H,4H2,1-3H3. The molecule has 0 N–H and O–H groups in total. The van der Waals surface area contributed by atoms with Crippen LogP contribution in [-0.4, -0.2) is 14.7 Å². The first kappa shape index (κ1) is 11.2. The minimum atomic E-state index is -3.07. The molecule has 0 fully saturated rings. The van der Waals surface area contributed by atoms with Crippen LogP contribution >= 0.6 is 0 Å². The molecule has 0 spiro atoms. The molecule has 1 atom stereocenters. The highest BCUT2D eigenvalue weighted by Crippen LogP contribution is 2.21. The van der Waals surface area contributed by atoms with E-state index in [-0.39, 0.29) is 0 Å². The lowest BCUT2D eigenvalue weighted by molar-refractivity contribution is 0.601. The SMILES string of the molecule is CCC(C)c1cccc(S(C)(=O)=O)c1. The normalized spacial score (nSPS) is 13.9. The molecule has 0 bridgehead atoms. The number of sulfone groups is 1. The number of hydrogen-bond donors (Lipinski definition) is 0. The number of benzene rings is 1. The van der Waals surface area contributed by atoms with E-state index in [9.17, 15) is 8.42 Å². The smallest absolute Gasteiger partial charge is 0.175 e. The molecule has 1 aromatic carbocycles. The Labute approximate surface area is 85.9 Å². The van der Waals surface area contributed by atoms with E-state index in [2.05, 4.69) is 13.8 Å². The molecule has 0 aliphatic heterocycles. The molecule has 0 saturated heterocycles. The van der Waals surface area contributed by atoms with E-state index in [1.54, 1.807) is 18.2 Å². The molecule has 3 heteroatoms. The molecule has 0 aliphatic rings. The van der Waals surface area contributed by atoms with Crippen molar-refractivity contribution in [3.63, 3.8) is 0 Å². The zero-order chi connectivity index (χ0) is 10.8. The monoisotopic (exact) mass is 212 g/mol. The van der Waals surface area contributed by atoms with E-state index >= 15 is 0 Å². The quantitative estimate of drug-likeness (QED) is 0.771. The molecular weight excluding hydrogens is 196 g/mol. The first-order chi connectivity index (χ1) is 6.45. The summed E-state index contributed by atoms with van der Waals surface area (Å²) in [7, 11) is -3.07. The van der Waals surface area contributed by atoms with E-state index in [0.717, 1.165) is 12.0 Å². The maximum Gasteiger partial charge on any atom is 0.175 e. The van der Waals surface area contributed by atoms with Crippen molar-refractivity contribution >= 4 is 9.84 Å². The molecule has 0 saturated carbocycles. The summed E-state index contributed by atoms with van der Waals surface area (Å²) in [5, 5.41) is 0. The van der Waals surface area contributed by atoms with Crippen molar-refractivity contribution in [1.29, 1.82) is 0 Å². The van der Waals surface area contributed by atoms with Crippen LogP contribution in [-0.2, 0) is 9.84 Å². The van der Waals surface area contributed by atoms with Crippen LogP contribution < -0.4 is 0 Å². The van der Waals surface area contributed by atoms with Gasteiger partial charge < -0.3 is 0 Å². The van der Waals surface area contributed by atoms with Crippen LogP contribution in [0.15, 0.2) is 29.2 Å². The summed E-state index contributed by atoms with van der Waals surface area (Å²) in [6.07, 6.45) is 2.26. The van der Waals surface area contributed by atoms with E-state index in [1.165, 1.54) is 6.26 Å². The van der Waals surface area contributed by atoms with Crippen molar-refractivity contribution < 1.29 is 8.42 Å². The molecule has 1 aromatic rings. The first-order valence-corrected chi connectivity index (χ1v) is 6.64. The highest BCUT2D eigenvalue weighted by molar-refractivity contribution is 7.90. The second-order valence-corrected chi connectivity index (χ2v) is 5.67. The largest absolute Gasteiger partial charge is 0.224 e. The summed E-state index contributed by atoms with van der Waals surface area (Å²) in [5.41, 5.74) is 1.09. The zero-order valence-corrected chi connectivity index (χ0v) is 9.64. The Balaban J connectivity index is 3.14. The van der Waals surface area contributed by atoms with Crippen molar-refractivity contribution in [3.05, 3.63) is 29.8 Å². The van der Waals surface area contributed by atoms with Gasteiger partial charge in [-0.3, -0.25) is 0 Å². The Kier molecular flexibility index (Phi) is 3.32. The maximum atomic E-state index is 11.3. The Bertz CT molecular complexity index is 407. The maximum absolute atomic E-state index is 11.3. The van der Waals surface area contributed by atoms with Gasteiger partial charge in [0.15, 0.2) is 9.84 Å². The lowest BCUT2D eigenvalue weighted by atomic mass is 9.99. The van der Waals surface area contributed by atoms with Crippen molar-refractivity contribution in [1.82, 2.24) is 0 Å². The number of rotatable bonds is 3. The first-order valence-electron chi connectivity index (χ1n) is 4.75. The minimum absolute atomic E-state index is 0.412. The molecule has 0 radical (unpaired) electrons. The van der Waals surface area contributed by atoms with E-state index in [1.807, 2.05) is 6.07 Å². The van der Waals surface area contributed by atoms with Crippen LogP contribution in [0.1, 0.15) is 31.7 Å². The van der Waals surface area contributed by atoms with Crippen molar-refractivity contribution in [2.45, 2.75) is 31.1 Å². The van der Waals surface area contributed by atoms with Gasteiger partial charge in [-0.15, -0.1) is 0 Å².